The van der Waals surface area contributed by atoms with Crippen LogP contribution in [0, 0.1) is 0 Å². The predicted octanol–water partition coefficient (Wildman–Crippen LogP) is 3.05. The number of likely N-dealkylation sites (N-methyl/N-ethyl adjacent to an activating group) is 1. The second-order valence-corrected chi connectivity index (χ2v) is 8.59. The van der Waals surface area contributed by atoms with Crippen LogP contribution >= 0.6 is 11.3 Å². The summed E-state index contributed by atoms with van der Waals surface area (Å²) in [5, 5.41) is 0.638. The van der Waals surface area contributed by atoms with Gasteiger partial charge >= 0.3 is 0 Å². The molecule has 0 unspecified atom stereocenters. The topological polar surface area (TPSA) is 73.4 Å². The van der Waals surface area contributed by atoms with Gasteiger partial charge in [0.1, 0.15) is 26.4 Å². The van der Waals surface area contributed by atoms with E-state index in [9.17, 15) is 4.79 Å². The minimum absolute atomic E-state index is 0.129. The van der Waals surface area contributed by atoms with Crippen molar-refractivity contribution in [2.24, 2.45) is 0 Å². The maximum absolute atomic E-state index is 13.5. The number of carbonyl (C=O) groups is 1. The highest BCUT2D eigenvalue weighted by Crippen LogP contribution is 2.39. The molecule has 0 saturated carbocycles. The molecule has 0 fully saturated rings. The van der Waals surface area contributed by atoms with Crippen molar-refractivity contribution in [3.8, 4) is 23.0 Å². The largest absolute Gasteiger partial charge is 0.486 e. The first-order chi connectivity index (χ1) is 15.1. The first kappa shape index (κ1) is 19.9. The molecule has 0 aliphatic carbocycles. The zero-order valence-corrected chi connectivity index (χ0v) is 18.2. The summed E-state index contributed by atoms with van der Waals surface area (Å²) in [5.74, 6) is 2.53. The molecule has 162 valence electrons. The fourth-order valence-corrected chi connectivity index (χ4v) is 4.48. The van der Waals surface area contributed by atoms with Crippen LogP contribution < -0.4 is 23.8 Å². The SMILES string of the molecule is CN(C)CCN(C(=O)c1ccc2c(c1)OCCO2)c1nc2cc3c(cc2s1)OCCO3. The van der Waals surface area contributed by atoms with Gasteiger partial charge in [-0.25, -0.2) is 4.98 Å². The van der Waals surface area contributed by atoms with Crippen LogP contribution in [0.2, 0.25) is 0 Å². The van der Waals surface area contributed by atoms with Crippen molar-refractivity contribution in [3.63, 3.8) is 0 Å². The number of hydrogen-bond donors (Lipinski definition) is 0. The zero-order chi connectivity index (χ0) is 21.4. The Morgan fingerprint density at radius 2 is 1.55 bits per heavy atom. The summed E-state index contributed by atoms with van der Waals surface area (Å²) in [4.78, 5) is 22.0. The van der Waals surface area contributed by atoms with Crippen molar-refractivity contribution >= 4 is 32.6 Å². The van der Waals surface area contributed by atoms with Crippen molar-refractivity contribution in [1.29, 1.82) is 0 Å². The third-order valence-electron chi connectivity index (χ3n) is 5.08. The fraction of sp³-hybridized carbons (Fsp3) is 0.364. The van der Waals surface area contributed by atoms with Crippen molar-refractivity contribution < 1.29 is 23.7 Å². The molecule has 0 bridgehead atoms. The molecule has 2 aliphatic heterocycles. The van der Waals surface area contributed by atoms with Gasteiger partial charge in [0, 0.05) is 30.8 Å². The molecule has 0 spiro atoms. The summed E-state index contributed by atoms with van der Waals surface area (Å²) in [6.07, 6.45) is 0. The Morgan fingerprint density at radius 1 is 0.903 bits per heavy atom. The second kappa shape index (κ2) is 8.24. The lowest BCUT2D eigenvalue weighted by atomic mass is 10.1. The van der Waals surface area contributed by atoms with Crippen LogP contribution in [0.3, 0.4) is 0 Å². The molecule has 2 aliphatic rings. The minimum Gasteiger partial charge on any atom is -0.486 e. The van der Waals surface area contributed by atoms with E-state index in [1.807, 2.05) is 31.1 Å². The van der Waals surface area contributed by atoms with Crippen molar-refractivity contribution in [3.05, 3.63) is 35.9 Å². The van der Waals surface area contributed by atoms with Crippen LogP contribution in [0.1, 0.15) is 10.4 Å². The number of aromatic nitrogens is 1. The lowest BCUT2D eigenvalue weighted by Crippen LogP contribution is -2.36. The van der Waals surface area contributed by atoms with Crippen molar-refractivity contribution in [2.45, 2.75) is 0 Å². The first-order valence-corrected chi connectivity index (χ1v) is 11.0. The zero-order valence-electron chi connectivity index (χ0n) is 17.4. The summed E-state index contributed by atoms with van der Waals surface area (Å²) in [6, 6.07) is 9.11. The van der Waals surface area contributed by atoms with E-state index in [1.165, 1.54) is 11.3 Å². The predicted molar refractivity (Wildman–Crippen MR) is 118 cm³/mol. The molecule has 5 rings (SSSR count). The number of carbonyl (C=O) groups excluding carboxylic acids is 1. The lowest BCUT2D eigenvalue weighted by molar-refractivity contribution is 0.0984. The van der Waals surface area contributed by atoms with Crippen LogP contribution in [-0.4, -0.2) is 69.4 Å². The van der Waals surface area contributed by atoms with E-state index in [4.69, 9.17) is 23.9 Å². The van der Waals surface area contributed by atoms with E-state index in [0.29, 0.717) is 73.2 Å². The summed E-state index contributed by atoms with van der Waals surface area (Å²) in [5.41, 5.74) is 1.32. The number of hydrogen-bond acceptors (Lipinski definition) is 8. The molecular weight excluding hydrogens is 418 g/mol. The minimum atomic E-state index is -0.129. The van der Waals surface area contributed by atoms with E-state index in [1.54, 1.807) is 23.1 Å². The smallest absolute Gasteiger partial charge is 0.260 e. The number of ether oxygens (including phenoxy) is 4. The molecule has 0 N–H and O–H groups in total. The van der Waals surface area contributed by atoms with Gasteiger partial charge in [-0.3, -0.25) is 9.69 Å². The Kier molecular flexibility index (Phi) is 5.29. The van der Waals surface area contributed by atoms with E-state index in [0.717, 1.165) is 10.2 Å². The van der Waals surface area contributed by atoms with Crippen LogP contribution in [0.25, 0.3) is 10.2 Å². The Morgan fingerprint density at radius 3 is 2.26 bits per heavy atom. The summed E-state index contributed by atoms with van der Waals surface area (Å²) in [7, 11) is 3.96. The number of amides is 1. The molecular formula is C22H23N3O5S. The summed E-state index contributed by atoms with van der Waals surface area (Å²) >= 11 is 1.47. The molecule has 2 aromatic carbocycles. The highest BCUT2D eigenvalue weighted by Gasteiger charge is 2.24. The molecule has 3 heterocycles. The van der Waals surface area contributed by atoms with Gasteiger partial charge in [0.25, 0.3) is 5.91 Å². The van der Waals surface area contributed by atoms with Crippen LogP contribution in [0.4, 0.5) is 5.13 Å². The number of anilines is 1. The van der Waals surface area contributed by atoms with Gasteiger partial charge in [-0.2, -0.15) is 0 Å². The number of thiazole rings is 1. The Balaban J connectivity index is 1.50. The third-order valence-corrected chi connectivity index (χ3v) is 6.12. The van der Waals surface area contributed by atoms with Gasteiger partial charge in [-0.15, -0.1) is 0 Å². The van der Waals surface area contributed by atoms with Crippen molar-refractivity contribution in [2.75, 3.05) is 58.5 Å². The van der Waals surface area contributed by atoms with Gasteiger partial charge in [-0.05, 0) is 32.3 Å². The lowest BCUT2D eigenvalue weighted by Gasteiger charge is -2.23. The van der Waals surface area contributed by atoms with Crippen LogP contribution in [0.5, 0.6) is 23.0 Å². The number of rotatable bonds is 5. The van der Waals surface area contributed by atoms with E-state index < -0.39 is 0 Å². The Bertz CT molecular complexity index is 1090. The fourth-order valence-electron chi connectivity index (χ4n) is 3.48. The highest BCUT2D eigenvalue weighted by molar-refractivity contribution is 7.22. The quantitative estimate of drug-likeness (QED) is 0.603. The molecule has 31 heavy (non-hydrogen) atoms. The van der Waals surface area contributed by atoms with Gasteiger partial charge < -0.3 is 23.8 Å². The Hall–Kier alpha value is -3.04. The van der Waals surface area contributed by atoms with E-state index in [2.05, 4.69) is 0 Å². The molecule has 0 saturated heterocycles. The van der Waals surface area contributed by atoms with Gasteiger partial charge in [0.05, 0.1) is 10.2 Å². The average molecular weight is 442 g/mol. The summed E-state index contributed by atoms with van der Waals surface area (Å²) in [6.45, 7) is 3.25. The van der Waals surface area contributed by atoms with Gasteiger partial charge in [0.15, 0.2) is 28.1 Å². The molecule has 3 aromatic rings. The number of nitrogens with zero attached hydrogens (tertiary/aromatic N) is 3. The monoisotopic (exact) mass is 441 g/mol. The van der Waals surface area contributed by atoms with Crippen LogP contribution in [-0.2, 0) is 0 Å². The highest BCUT2D eigenvalue weighted by atomic mass is 32.1. The molecule has 0 radical (unpaired) electrons. The maximum Gasteiger partial charge on any atom is 0.260 e. The van der Waals surface area contributed by atoms with Gasteiger partial charge in [0.2, 0.25) is 0 Å². The summed E-state index contributed by atoms with van der Waals surface area (Å²) < 4.78 is 23.6. The van der Waals surface area contributed by atoms with Gasteiger partial charge in [-0.1, -0.05) is 11.3 Å². The van der Waals surface area contributed by atoms with E-state index >= 15 is 0 Å². The number of benzene rings is 2. The Labute approximate surface area is 183 Å². The third kappa shape index (κ3) is 3.98. The molecule has 9 heteroatoms. The normalized spacial score (nSPS) is 14.7. The van der Waals surface area contributed by atoms with Crippen molar-refractivity contribution in [1.82, 2.24) is 9.88 Å². The molecule has 1 amide bonds. The van der Waals surface area contributed by atoms with Crippen LogP contribution in [0.15, 0.2) is 30.3 Å². The molecule has 0 atom stereocenters. The molecule has 8 nitrogen and oxygen atoms in total. The molecule has 1 aromatic heterocycles. The standard InChI is InChI=1S/C22H23N3O5S/c1-24(2)5-6-25(21(26)14-3-4-16-17(11-14)28-8-7-27-16)22-23-15-12-18-19(13-20(15)31-22)30-10-9-29-18/h3-4,11-13H,5-10H2,1-2H3. The second-order valence-electron chi connectivity index (χ2n) is 7.58. The number of fused-ring (bicyclic) bond motifs is 3. The maximum atomic E-state index is 13.5. The van der Waals surface area contributed by atoms with E-state index in [-0.39, 0.29) is 5.91 Å². The average Bonchev–Trinajstić information content (AvgIpc) is 3.19. The first-order valence-electron chi connectivity index (χ1n) is 10.1.